The molecule has 1 amide bonds. The summed E-state index contributed by atoms with van der Waals surface area (Å²) in [6, 6.07) is 2.04. The molecule has 1 heterocycles. The van der Waals surface area contributed by atoms with Gasteiger partial charge >= 0.3 is 5.97 Å². The summed E-state index contributed by atoms with van der Waals surface area (Å²) in [6.45, 7) is 3.79. The van der Waals surface area contributed by atoms with Gasteiger partial charge in [-0.05, 0) is 12.0 Å². The number of pyridine rings is 1. The van der Waals surface area contributed by atoms with Gasteiger partial charge in [-0.15, -0.1) is 0 Å². The summed E-state index contributed by atoms with van der Waals surface area (Å²) in [5.74, 6) is -0.923. The van der Waals surface area contributed by atoms with Crippen molar-refractivity contribution in [2.45, 2.75) is 26.3 Å². The number of aromatic nitrogens is 1. The number of rotatable bonds is 5. The van der Waals surface area contributed by atoms with Crippen molar-refractivity contribution in [2.75, 3.05) is 7.11 Å². The second kappa shape index (κ2) is 6.88. The summed E-state index contributed by atoms with van der Waals surface area (Å²) in [5.41, 5.74) is 0.123. The van der Waals surface area contributed by atoms with Gasteiger partial charge in [0.15, 0.2) is 0 Å². The molecule has 110 valence electrons. The number of amides is 1. The lowest BCUT2D eigenvalue weighted by molar-refractivity contribution is -0.144. The van der Waals surface area contributed by atoms with Crippen LogP contribution >= 0.6 is 0 Å². The summed E-state index contributed by atoms with van der Waals surface area (Å²) < 4.78 is 6.02. The summed E-state index contributed by atoms with van der Waals surface area (Å²) in [6.07, 6.45) is 2.16. The van der Waals surface area contributed by atoms with Crippen LogP contribution in [0, 0.1) is 5.92 Å². The number of carbonyl (C=O) groups excluding carboxylic acids is 2. The summed E-state index contributed by atoms with van der Waals surface area (Å²) in [4.78, 5) is 35.1. The number of nitrogens with zero attached hydrogens (tertiary/aromatic N) is 1. The van der Waals surface area contributed by atoms with E-state index in [1.807, 2.05) is 13.8 Å². The van der Waals surface area contributed by atoms with Crippen molar-refractivity contribution in [3.63, 3.8) is 0 Å². The minimum Gasteiger partial charge on any atom is -0.467 e. The highest BCUT2D eigenvalue weighted by molar-refractivity contribution is 5.96. The van der Waals surface area contributed by atoms with Gasteiger partial charge in [0.2, 0.25) is 5.56 Å². The molecule has 0 bridgehead atoms. The topological polar surface area (TPSA) is 77.4 Å². The number of aryl methyl sites for hydroxylation is 1. The second-order valence-electron chi connectivity index (χ2n) is 4.73. The molecular weight excluding hydrogens is 260 g/mol. The molecule has 0 spiro atoms. The van der Waals surface area contributed by atoms with Crippen LogP contribution in [0.4, 0.5) is 0 Å². The van der Waals surface area contributed by atoms with Gasteiger partial charge in [-0.3, -0.25) is 9.59 Å². The molecule has 1 N–H and O–H groups in total. The Kier molecular flexibility index (Phi) is 5.49. The third kappa shape index (κ3) is 3.69. The molecule has 6 heteroatoms. The van der Waals surface area contributed by atoms with Gasteiger partial charge in [0.25, 0.3) is 5.91 Å². The van der Waals surface area contributed by atoms with Crippen molar-refractivity contribution >= 4 is 11.9 Å². The number of esters is 1. The molecule has 6 nitrogen and oxygen atoms in total. The van der Waals surface area contributed by atoms with Crippen molar-refractivity contribution in [1.82, 2.24) is 9.88 Å². The fourth-order valence-electron chi connectivity index (χ4n) is 1.75. The van der Waals surface area contributed by atoms with Gasteiger partial charge in [0.05, 0.1) is 12.7 Å². The molecule has 0 fully saturated rings. The first-order valence-electron chi connectivity index (χ1n) is 6.46. The Balaban J connectivity index is 2.92. The highest BCUT2D eigenvalue weighted by Gasteiger charge is 2.27. The highest BCUT2D eigenvalue weighted by Crippen LogP contribution is 2.10. The maximum Gasteiger partial charge on any atom is 0.328 e. The first-order chi connectivity index (χ1) is 9.40. The molecule has 1 aromatic heterocycles. The average Bonchev–Trinajstić information content (AvgIpc) is 2.45. The predicted molar refractivity (Wildman–Crippen MR) is 74.4 cm³/mol. The molecule has 0 radical (unpaired) electrons. The van der Waals surface area contributed by atoms with Crippen LogP contribution in [0.25, 0.3) is 0 Å². The SMILES string of the molecule is CC[C@@H](C)[C@@H](NC(=O)c1ccc(=O)n(C)c1)C(=O)OC. The molecule has 0 aliphatic rings. The molecule has 0 aromatic carbocycles. The van der Waals surface area contributed by atoms with Gasteiger partial charge in [0.1, 0.15) is 6.04 Å². The maximum absolute atomic E-state index is 12.1. The molecule has 0 unspecified atom stereocenters. The zero-order chi connectivity index (χ0) is 15.3. The van der Waals surface area contributed by atoms with E-state index < -0.39 is 17.9 Å². The Morgan fingerprint density at radius 1 is 1.40 bits per heavy atom. The zero-order valence-electron chi connectivity index (χ0n) is 12.2. The number of ether oxygens (including phenoxy) is 1. The van der Waals surface area contributed by atoms with E-state index in [-0.39, 0.29) is 11.5 Å². The van der Waals surface area contributed by atoms with Gasteiger partial charge in [-0.2, -0.15) is 0 Å². The Bertz CT molecular complexity index is 550. The Morgan fingerprint density at radius 2 is 2.05 bits per heavy atom. The van der Waals surface area contributed by atoms with E-state index >= 15 is 0 Å². The van der Waals surface area contributed by atoms with Crippen molar-refractivity contribution in [1.29, 1.82) is 0 Å². The molecular formula is C14H20N2O4. The fraction of sp³-hybridized carbons (Fsp3) is 0.500. The van der Waals surface area contributed by atoms with E-state index in [2.05, 4.69) is 5.32 Å². The molecule has 0 saturated carbocycles. The number of nitrogens with one attached hydrogen (secondary N) is 1. The van der Waals surface area contributed by atoms with Crippen LogP contribution in [0.15, 0.2) is 23.1 Å². The van der Waals surface area contributed by atoms with Crippen LogP contribution < -0.4 is 10.9 Å². The molecule has 0 aliphatic carbocycles. The van der Waals surface area contributed by atoms with Crippen LogP contribution in [-0.2, 0) is 16.6 Å². The Hall–Kier alpha value is -2.11. The normalized spacial score (nSPS) is 13.4. The first kappa shape index (κ1) is 15.9. The number of methoxy groups -OCH3 is 1. The third-order valence-corrected chi connectivity index (χ3v) is 3.30. The Morgan fingerprint density at radius 3 is 2.55 bits per heavy atom. The van der Waals surface area contributed by atoms with E-state index in [1.54, 1.807) is 7.05 Å². The molecule has 1 rings (SSSR count). The monoisotopic (exact) mass is 280 g/mol. The van der Waals surface area contributed by atoms with Crippen molar-refractivity contribution in [3.05, 3.63) is 34.2 Å². The van der Waals surface area contributed by atoms with Crippen LogP contribution in [-0.4, -0.2) is 29.6 Å². The smallest absolute Gasteiger partial charge is 0.328 e. The van der Waals surface area contributed by atoms with Gasteiger partial charge in [-0.1, -0.05) is 20.3 Å². The minimum absolute atomic E-state index is 0.0427. The maximum atomic E-state index is 12.1. The second-order valence-corrected chi connectivity index (χ2v) is 4.73. The summed E-state index contributed by atoms with van der Waals surface area (Å²) in [5, 5.41) is 2.65. The lowest BCUT2D eigenvalue weighted by atomic mass is 9.99. The molecule has 0 saturated heterocycles. The van der Waals surface area contributed by atoms with Crippen LogP contribution in [0.3, 0.4) is 0 Å². The average molecular weight is 280 g/mol. The van der Waals surface area contributed by atoms with Crippen LogP contribution in [0.1, 0.15) is 30.6 Å². The quantitative estimate of drug-likeness (QED) is 0.806. The van der Waals surface area contributed by atoms with Crippen molar-refractivity contribution < 1.29 is 14.3 Å². The third-order valence-electron chi connectivity index (χ3n) is 3.30. The van der Waals surface area contributed by atoms with Crippen molar-refractivity contribution in [2.24, 2.45) is 13.0 Å². The van der Waals surface area contributed by atoms with Crippen LogP contribution in [0.2, 0.25) is 0 Å². The van der Waals surface area contributed by atoms with E-state index in [1.165, 1.54) is 30.0 Å². The van der Waals surface area contributed by atoms with Gasteiger partial charge in [0, 0.05) is 19.3 Å². The number of hydrogen-bond acceptors (Lipinski definition) is 4. The van der Waals surface area contributed by atoms with Gasteiger partial charge < -0.3 is 14.6 Å². The molecule has 1 aromatic rings. The van der Waals surface area contributed by atoms with Crippen molar-refractivity contribution in [3.8, 4) is 0 Å². The van der Waals surface area contributed by atoms with Crippen LogP contribution in [0.5, 0.6) is 0 Å². The largest absolute Gasteiger partial charge is 0.467 e. The Labute approximate surface area is 117 Å². The van der Waals surface area contributed by atoms with E-state index in [0.717, 1.165) is 6.42 Å². The molecule has 2 atom stereocenters. The lowest BCUT2D eigenvalue weighted by Gasteiger charge is -2.21. The van der Waals surface area contributed by atoms with E-state index in [0.29, 0.717) is 5.56 Å². The highest BCUT2D eigenvalue weighted by atomic mass is 16.5. The zero-order valence-corrected chi connectivity index (χ0v) is 12.2. The fourth-order valence-corrected chi connectivity index (χ4v) is 1.75. The predicted octanol–water partition coefficient (Wildman–Crippen LogP) is 0.703. The molecule has 20 heavy (non-hydrogen) atoms. The first-order valence-corrected chi connectivity index (χ1v) is 6.46. The number of carbonyl (C=O) groups is 2. The van der Waals surface area contributed by atoms with E-state index in [9.17, 15) is 14.4 Å². The minimum atomic E-state index is -0.699. The van der Waals surface area contributed by atoms with E-state index in [4.69, 9.17) is 4.74 Å². The summed E-state index contributed by atoms with van der Waals surface area (Å²) >= 11 is 0. The summed E-state index contributed by atoms with van der Waals surface area (Å²) in [7, 11) is 2.85. The number of hydrogen-bond donors (Lipinski definition) is 1. The standard InChI is InChI=1S/C14H20N2O4/c1-5-9(2)12(14(19)20-4)15-13(18)10-6-7-11(17)16(3)8-10/h6-9,12H,5H2,1-4H3,(H,15,18)/t9-,12-/m1/s1. The van der Waals surface area contributed by atoms with Gasteiger partial charge in [-0.25, -0.2) is 4.79 Å². The molecule has 0 aliphatic heterocycles. The lowest BCUT2D eigenvalue weighted by Crippen LogP contribution is -2.45.